The van der Waals surface area contributed by atoms with Gasteiger partial charge in [0.2, 0.25) is 0 Å². The monoisotopic (exact) mass is 322 g/mol. The van der Waals surface area contributed by atoms with Crippen LogP contribution in [0.3, 0.4) is 0 Å². The van der Waals surface area contributed by atoms with E-state index in [1.54, 1.807) is 18.2 Å². The molecule has 7 heteroatoms. The number of nitro benzene ring substituents is 1. The van der Waals surface area contributed by atoms with Crippen molar-refractivity contribution in [1.82, 2.24) is 0 Å². The lowest BCUT2D eigenvalue weighted by molar-refractivity contribution is -0.386. The van der Waals surface area contributed by atoms with Crippen LogP contribution < -0.4 is 4.74 Å². The molecule has 0 spiro atoms. The van der Waals surface area contributed by atoms with E-state index in [9.17, 15) is 10.1 Å². The molecule has 0 bridgehead atoms. The maximum absolute atomic E-state index is 11.0. The fraction of sp³-hybridized carbons (Fsp3) is 0.0714. The molecule has 2 rings (SSSR count). The van der Waals surface area contributed by atoms with Gasteiger partial charge < -0.3 is 4.74 Å². The Morgan fingerprint density at radius 2 is 2.05 bits per heavy atom. The number of benzene rings is 2. The molecule has 0 unspecified atom stereocenters. The van der Waals surface area contributed by atoms with Crippen LogP contribution in [0, 0.1) is 21.4 Å². The second-order valence-electron chi connectivity index (χ2n) is 4.05. The molecule has 0 N–H and O–H groups in total. The summed E-state index contributed by atoms with van der Waals surface area (Å²) < 4.78 is 5.43. The van der Waals surface area contributed by atoms with Crippen molar-refractivity contribution in [1.29, 1.82) is 5.26 Å². The predicted molar refractivity (Wildman–Crippen MR) is 78.6 cm³/mol. The Morgan fingerprint density at radius 3 is 2.71 bits per heavy atom. The van der Waals surface area contributed by atoms with Gasteiger partial charge in [-0.25, -0.2) is 0 Å². The summed E-state index contributed by atoms with van der Waals surface area (Å²) in [4.78, 5) is 10.4. The van der Waals surface area contributed by atoms with Crippen molar-refractivity contribution in [2.24, 2.45) is 0 Å². The van der Waals surface area contributed by atoms with Gasteiger partial charge in [-0.3, -0.25) is 10.1 Å². The molecule has 0 aliphatic heterocycles. The number of nitro groups is 1. The van der Waals surface area contributed by atoms with E-state index in [-0.39, 0.29) is 23.6 Å². The van der Waals surface area contributed by atoms with E-state index in [0.717, 1.165) is 6.07 Å². The normalized spacial score (nSPS) is 9.95. The fourth-order valence-electron chi connectivity index (χ4n) is 1.67. The number of hydrogen-bond donors (Lipinski definition) is 0. The van der Waals surface area contributed by atoms with Crippen LogP contribution in [0.25, 0.3) is 0 Å². The summed E-state index contributed by atoms with van der Waals surface area (Å²) in [6, 6.07) is 10.9. The van der Waals surface area contributed by atoms with Crippen LogP contribution in [0.2, 0.25) is 10.0 Å². The molecule has 2 aromatic carbocycles. The van der Waals surface area contributed by atoms with E-state index >= 15 is 0 Å². The summed E-state index contributed by atoms with van der Waals surface area (Å²) in [6.07, 6.45) is 0. The molecule has 0 amide bonds. The molecule has 0 radical (unpaired) electrons. The molecule has 0 aliphatic carbocycles. The maximum Gasteiger partial charge on any atom is 0.312 e. The largest absolute Gasteiger partial charge is 0.482 e. The Labute approximate surface area is 130 Å². The third-order valence-corrected chi connectivity index (χ3v) is 3.56. The van der Waals surface area contributed by atoms with Gasteiger partial charge in [0.1, 0.15) is 6.61 Å². The molecule has 106 valence electrons. The van der Waals surface area contributed by atoms with Gasteiger partial charge in [0.05, 0.1) is 26.6 Å². The minimum absolute atomic E-state index is 0.0339. The second kappa shape index (κ2) is 6.44. The lowest BCUT2D eigenvalue weighted by atomic mass is 10.2. The molecule has 0 atom stereocenters. The molecule has 0 aromatic heterocycles. The van der Waals surface area contributed by atoms with Crippen molar-refractivity contribution in [3.8, 4) is 11.8 Å². The highest BCUT2D eigenvalue weighted by molar-refractivity contribution is 6.42. The van der Waals surface area contributed by atoms with Gasteiger partial charge in [-0.2, -0.15) is 5.26 Å². The maximum atomic E-state index is 11.0. The third-order valence-electron chi connectivity index (χ3n) is 2.70. The smallest absolute Gasteiger partial charge is 0.312 e. The zero-order chi connectivity index (χ0) is 15.4. The molecule has 0 aliphatic rings. The van der Waals surface area contributed by atoms with Crippen molar-refractivity contribution in [3.63, 3.8) is 0 Å². The van der Waals surface area contributed by atoms with E-state index in [1.165, 1.54) is 12.1 Å². The summed E-state index contributed by atoms with van der Waals surface area (Å²) in [6.45, 7) is 0.0339. The first kappa shape index (κ1) is 15.1. The van der Waals surface area contributed by atoms with E-state index < -0.39 is 4.92 Å². The summed E-state index contributed by atoms with van der Waals surface area (Å²) in [5.41, 5.74) is 0.532. The highest BCUT2D eigenvalue weighted by Gasteiger charge is 2.16. The van der Waals surface area contributed by atoms with Crippen LogP contribution in [0.5, 0.6) is 5.75 Å². The molecule has 0 saturated heterocycles. The summed E-state index contributed by atoms with van der Waals surface area (Å²) >= 11 is 11.9. The minimum Gasteiger partial charge on any atom is -0.482 e. The molecular formula is C14H8Cl2N2O3. The lowest BCUT2D eigenvalue weighted by Crippen LogP contribution is -2.00. The Kier molecular flexibility index (Phi) is 4.63. The Hall–Kier alpha value is -2.29. The average molecular weight is 323 g/mol. The number of ether oxygens (including phenoxy) is 1. The molecule has 2 aromatic rings. The summed E-state index contributed by atoms with van der Waals surface area (Å²) in [7, 11) is 0. The zero-order valence-corrected chi connectivity index (χ0v) is 12.1. The SMILES string of the molecule is N#Cc1ccc(OCc2cccc(Cl)c2Cl)c([N+](=O)[O-])c1. The number of nitrogens with zero attached hydrogens (tertiary/aromatic N) is 2. The van der Waals surface area contributed by atoms with E-state index in [0.29, 0.717) is 15.6 Å². The van der Waals surface area contributed by atoms with Gasteiger partial charge in [-0.15, -0.1) is 0 Å². The number of hydrogen-bond acceptors (Lipinski definition) is 4. The van der Waals surface area contributed by atoms with Gasteiger partial charge in [0, 0.05) is 11.6 Å². The quantitative estimate of drug-likeness (QED) is 0.619. The predicted octanol–water partition coefficient (Wildman–Crippen LogP) is 4.35. The van der Waals surface area contributed by atoms with E-state index in [2.05, 4.69) is 0 Å². The van der Waals surface area contributed by atoms with Crippen LogP contribution in [-0.4, -0.2) is 4.92 Å². The molecule has 21 heavy (non-hydrogen) atoms. The van der Waals surface area contributed by atoms with Gasteiger partial charge in [0.25, 0.3) is 0 Å². The highest BCUT2D eigenvalue weighted by Crippen LogP contribution is 2.30. The Bertz CT molecular complexity index is 741. The van der Waals surface area contributed by atoms with Crippen molar-refractivity contribution in [2.45, 2.75) is 6.61 Å². The highest BCUT2D eigenvalue weighted by atomic mass is 35.5. The average Bonchev–Trinajstić information content (AvgIpc) is 2.48. The van der Waals surface area contributed by atoms with Gasteiger partial charge in [-0.05, 0) is 18.2 Å². The zero-order valence-electron chi connectivity index (χ0n) is 10.5. The summed E-state index contributed by atoms with van der Waals surface area (Å²) in [5.74, 6) is 0.0649. The lowest BCUT2D eigenvalue weighted by Gasteiger charge is -2.09. The number of nitriles is 1. The van der Waals surface area contributed by atoms with Crippen LogP contribution in [-0.2, 0) is 6.61 Å². The van der Waals surface area contributed by atoms with E-state index in [4.69, 9.17) is 33.2 Å². The Morgan fingerprint density at radius 1 is 1.29 bits per heavy atom. The summed E-state index contributed by atoms with van der Waals surface area (Å²) in [5, 5.41) is 20.5. The van der Waals surface area contributed by atoms with Crippen LogP contribution in [0.15, 0.2) is 36.4 Å². The molecule has 5 nitrogen and oxygen atoms in total. The van der Waals surface area contributed by atoms with Gasteiger partial charge >= 0.3 is 5.69 Å². The Balaban J connectivity index is 2.26. The molecule has 0 saturated carbocycles. The molecule has 0 heterocycles. The van der Waals surface area contributed by atoms with Crippen LogP contribution >= 0.6 is 23.2 Å². The number of rotatable bonds is 4. The van der Waals surface area contributed by atoms with Crippen molar-refractivity contribution >= 4 is 28.9 Å². The standard InChI is InChI=1S/C14H8Cl2N2O3/c15-11-3-1-2-10(14(11)16)8-21-13-5-4-9(7-17)6-12(13)18(19)20/h1-6H,8H2. The van der Waals surface area contributed by atoms with Crippen molar-refractivity contribution in [2.75, 3.05) is 0 Å². The second-order valence-corrected chi connectivity index (χ2v) is 4.84. The first-order valence-corrected chi connectivity index (χ1v) is 6.52. The topological polar surface area (TPSA) is 76.2 Å². The number of halogens is 2. The third kappa shape index (κ3) is 3.43. The molecular weight excluding hydrogens is 315 g/mol. The van der Waals surface area contributed by atoms with Crippen molar-refractivity contribution in [3.05, 3.63) is 67.7 Å². The molecule has 0 fully saturated rings. The van der Waals surface area contributed by atoms with Crippen molar-refractivity contribution < 1.29 is 9.66 Å². The first-order chi connectivity index (χ1) is 10.0. The fourth-order valence-corrected chi connectivity index (χ4v) is 2.04. The van der Waals surface area contributed by atoms with E-state index in [1.807, 2.05) is 6.07 Å². The van der Waals surface area contributed by atoms with Crippen LogP contribution in [0.4, 0.5) is 5.69 Å². The van der Waals surface area contributed by atoms with Gasteiger partial charge in [0.15, 0.2) is 5.75 Å². The minimum atomic E-state index is -0.601. The first-order valence-electron chi connectivity index (χ1n) is 5.77. The van der Waals surface area contributed by atoms with Gasteiger partial charge in [-0.1, -0.05) is 35.3 Å². The van der Waals surface area contributed by atoms with Crippen LogP contribution in [0.1, 0.15) is 11.1 Å².